The lowest BCUT2D eigenvalue weighted by Crippen LogP contribution is -2.34. The molecule has 1 aromatic rings. The van der Waals surface area contributed by atoms with E-state index in [4.69, 9.17) is 0 Å². The van der Waals surface area contributed by atoms with Crippen molar-refractivity contribution in [3.8, 4) is 0 Å². The number of rotatable bonds is 5. The van der Waals surface area contributed by atoms with Gasteiger partial charge in [0, 0.05) is 12.1 Å². The van der Waals surface area contributed by atoms with Gasteiger partial charge in [0.2, 0.25) is 0 Å². The Hall–Kier alpha value is -1.08. The van der Waals surface area contributed by atoms with E-state index in [0.29, 0.717) is 12.1 Å². The first-order chi connectivity index (χ1) is 6.72. The molecule has 0 aliphatic heterocycles. The van der Waals surface area contributed by atoms with Crippen molar-refractivity contribution in [3.63, 3.8) is 0 Å². The van der Waals surface area contributed by atoms with Gasteiger partial charge in [0.15, 0.2) is 0 Å². The molecule has 1 heteroatoms. The molecule has 0 saturated heterocycles. The summed E-state index contributed by atoms with van der Waals surface area (Å²) in [5, 5.41) is 3.46. The fraction of sp³-hybridized carbons (Fsp3) is 0.385. The van der Waals surface area contributed by atoms with Gasteiger partial charge in [-0.1, -0.05) is 50.3 Å². The molecule has 0 bridgehead atoms. The van der Waals surface area contributed by atoms with Crippen LogP contribution in [0.2, 0.25) is 0 Å². The van der Waals surface area contributed by atoms with E-state index < -0.39 is 0 Å². The molecule has 0 saturated carbocycles. The van der Waals surface area contributed by atoms with Crippen molar-refractivity contribution in [2.75, 3.05) is 0 Å². The maximum absolute atomic E-state index is 3.85. The highest BCUT2D eigenvalue weighted by Gasteiger charge is 2.05. The molecule has 1 rings (SSSR count). The smallest absolute Gasteiger partial charge is 0.0290 e. The lowest BCUT2D eigenvalue weighted by molar-refractivity contribution is 0.521. The summed E-state index contributed by atoms with van der Waals surface area (Å²) in [5.74, 6) is 0. The molecule has 1 nitrogen and oxygen atoms in total. The van der Waals surface area contributed by atoms with Gasteiger partial charge in [-0.2, -0.15) is 0 Å². The molecule has 0 heterocycles. The van der Waals surface area contributed by atoms with E-state index in [9.17, 15) is 0 Å². The predicted octanol–water partition coefficient (Wildman–Crippen LogP) is 2.78. The maximum atomic E-state index is 3.85. The van der Waals surface area contributed by atoms with Crippen molar-refractivity contribution in [3.05, 3.63) is 48.6 Å². The molecule has 0 aromatic heterocycles. The van der Waals surface area contributed by atoms with Crippen LogP contribution in [0.5, 0.6) is 0 Å². The normalized spacial score (nSPS) is 12.8. The van der Waals surface area contributed by atoms with Crippen molar-refractivity contribution in [1.82, 2.24) is 5.32 Å². The van der Waals surface area contributed by atoms with Crippen molar-refractivity contribution < 1.29 is 0 Å². The van der Waals surface area contributed by atoms with Gasteiger partial charge in [-0.05, 0) is 12.0 Å². The first kappa shape index (κ1) is 11.0. The van der Waals surface area contributed by atoms with E-state index in [-0.39, 0.29) is 0 Å². The van der Waals surface area contributed by atoms with Crippen LogP contribution in [-0.2, 0) is 6.42 Å². The van der Waals surface area contributed by atoms with Crippen LogP contribution in [0.15, 0.2) is 43.0 Å². The van der Waals surface area contributed by atoms with E-state index in [1.165, 1.54) is 5.56 Å². The van der Waals surface area contributed by atoms with E-state index >= 15 is 0 Å². The Balaban J connectivity index is 2.53. The second kappa shape index (κ2) is 5.61. The largest absolute Gasteiger partial charge is 0.308 e. The Labute approximate surface area is 86.8 Å². The third-order valence-electron chi connectivity index (χ3n) is 2.13. The Morgan fingerprint density at radius 2 is 1.93 bits per heavy atom. The van der Waals surface area contributed by atoms with Gasteiger partial charge in [-0.3, -0.25) is 0 Å². The van der Waals surface area contributed by atoms with Crippen molar-refractivity contribution in [2.45, 2.75) is 32.4 Å². The first-order valence-electron chi connectivity index (χ1n) is 5.15. The maximum Gasteiger partial charge on any atom is 0.0290 e. The van der Waals surface area contributed by atoms with E-state index in [1.807, 2.05) is 12.1 Å². The average molecular weight is 189 g/mol. The molecular formula is C13H19N. The highest BCUT2D eigenvalue weighted by atomic mass is 14.9. The Morgan fingerprint density at radius 3 is 2.43 bits per heavy atom. The summed E-state index contributed by atoms with van der Waals surface area (Å²) in [4.78, 5) is 0. The van der Waals surface area contributed by atoms with Gasteiger partial charge >= 0.3 is 0 Å². The van der Waals surface area contributed by atoms with Crippen molar-refractivity contribution >= 4 is 0 Å². The van der Waals surface area contributed by atoms with Crippen LogP contribution in [0.1, 0.15) is 19.4 Å². The van der Waals surface area contributed by atoms with E-state index in [1.54, 1.807) is 0 Å². The van der Waals surface area contributed by atoms with Crippen molar-refractivity contribution in [1.29, 1.82) is 0 Å². The molecule has 0 aliphatic carbocycles. The van der Waals surface area contributed by atoms with E-state index in [2.05, 4.69) is 50.0 Å². The number of nitrogens with one attached hydrogen (secondary N) is 1. The van der Waals surface area contributed by atoms with Crippen LogP contribution in [0, 0.1) is 0 Å². The second-order valence-corrected chi connectivity index (χ2v) is 3.85. The first-order valence-corrected chi connectivity index (χ1v) is 5.15. The number of hydrogen-bond acceptors (Lipinski definition) is 1. The van der Waals surface area contributed by atoms with Crippen LogP contribution >= 0.6 is 0 Å². The van der Waals surface area contributed by atoms with Crippen LogP contribution in [0.25, 0.3) is 0 Å². The fourth-order valence-corrected chi connectivity index (χ4v) is 1.51. The standard InChI is InChI=1S/C13H19N/c1-4-13(14-11(2)3)10-12-8-6-5-7-9-12/h4-9,11,13-14H,1,10H2,2-3H3. The molecule has 14 heavy (non-hydrogen) atoms. The van der Waals surface area contributed by atoms with Gasteiger partial charge < -0.3 is 5.32 Å². The Kier molecular flexibility index (Phi) is 4.41. The molecule has 0 aliphatic rings. The minimum absolute atomic E-state index is 0.373. The summed E-state index contributed by atoms with van der Waals surface area (Å²) in [6, 6.07) is 11.4. The monoisotopic (exact) mass is 189 g/mol. The SMILES string of the molecule is C=CC(Cc1ccccc1)NC(C)C. The lowest BCUT2D eigenvalue weighted by Gasteiger charge is -2.17. The number of hydrogen-bond donors (Lipinski definition) is 1. The highest BCUT2D eigenvalue weighted by Crippen LogP contribution is 2.04. The second-order valence-electron chi connectivity index (χ2n) is 3.85. The zero-order chi connectivity index (χ0) is 10.4. The van der Waals surface area contributed by atoms with Gasteiger partial charge in [-0.15, -0.1) is 6.58 Å². The molecule has 1 unspecified atom stereocenters. The fourth-order valence-electron chi connectivity index (χ4n) is 1.51. The molecule has 0 amide bonds. The van der Waals surface area contributed by atoms with Crippen LogP contribution < -0.4 is 5.32 Å². The zero-order valence-electron chi connectivity index (χ0n) is 9.03. The minimum Gasteiger partial charge on any atom is -0.308 e. The summed E-state index contributed by atoms with van der Waals surface area (Å²) in [5.41, 5.74) is 1.35. The van der Waals surface area contributed by atoms with Crippen LogP contribution in [0.4, 0.5) is 0 Å². The molecular weight excluding hydrogens is 170 g/mol. The third-order valence-corrected chi connectivity index (χ3v) is 2.13. The minimum atomic E-state index is 0.373. The summed E-state index contributed by atoms with van der Waals surface area (Å²) < 4.78 is 0. The third kappa shape index (κ3) is 3.75. The molecule has 76 valence electrons. The predicted molar refractivity (Wildman–Crippen MR) is 62.4 cm³/mol. The lowest BCUT2D eigenvalue weighted by atomic mass is 10.1. The summed E-state index contributed by atoms with van der Waals surface area (Å²) >= 11 is 0. The van der Waals surface area contributed by atoms with Crippen LogP contribution in [0.3, 0.4) is 0 Å². The molecule has 1 N–H and O–H groups in total. The zero-order valence-corrected chi connectivity index (χ0v) is 9.03. The Morgan fingerprint density at radius 1 is 1.29 bits per heavy atom. The molecule has 1 aromatic carbocycles. The molecule has 0 spiro atoms. The Bertz CT molecular complexity index is 264. The summed E-state index contributed by atoms with van der Waals surface area (Å²) in [6.07, 6.45) is 3.00. The average Bonchev–Trinajstić information content (AvgIpc) is 2.17. The van der Waals surface area contributed by atoms with Crippen LogP contribution in [-0.4, -0.2) is 12.1 Å². The molecule has 1 atom stereocenters. The van der Waals surface area contributed by atoms with Gasteiger partial charge in [0.1, 0.15) is 0 Å². The molecule has 0 fully saturated rings. The highest BCUT2D eigenvalue weighted by molar-refractivity contribution is 5.17. The van der Waals surface area contributed by atoms with E-state index in [0.717, 1.165) is 6.42 Å². The van der Waals surface area contributed by atoms with Gasteiger partial charge in [0.25, 0.3) is 0 Å². The summed E-state index contributed by atoms with van der Waals surface area (Å²) in [7, 11) is 0. The van der Waals surface area contributed by atoms with Crippen molar-refractivity contribution in [2.24, 2.45) is 0 Å². The van der Waals surface area contributed by atoms with Gasteiger partial charge in [-0.25, -0.2) is 0 Å². The topological polar surface area (TPSA) is 12.0 Å². The number of benzene rings is 1. The quantitative estimate of drug-likeness (QED) is 0.702. The van der Waals surface area contributed by atoms with Gasteiger partial charge in [0.05, 0.1) is 0 Å². The molecule has 0 radical (unpaired) electrons. The summed E-state index contributed by atoms with van der Waals surface area (Å²) in [6.45, 7) is 8.16.